The number of aromatic amines is 2. The molecule has 4 N–H and O–H groups in total. The van der Waals surface area contributed by atoms with Crippen LogP contribution >= 0.6 is 11.3 Å². The van der Waals surface area contributed by atoms with E-state index < -0.39 is 30.0 Å². The van der Waals surface area contributed by atoms with E-state index in [0.29, 0.717) is 44.2 Å². The fourth-order valence-corrected chi connectivity index (χ4v) is 8.92. The quantitative estimate of drug-likeness (QED) is 0.0809. The summed E-state index contributed by atoms with van der Waals surface area (Å²) in [6.07, 6.45) is 1.10. The molecule has 0 unspecified atom stereocenters. The van der Waals surface area contributed by atoms with Gasteiger partial charge in [0, 0.05) is 35.0 Å². The predicted molar refractivity (Wildman–Crippen MR) is 242 cm³/mol. The van der Waals surface area contributed by atoms with E-state index in [-0.39, 0.29) is 53.9 Å². The van der Waals surface area contributed by atoms with Crippen molar-refractivity contribution in [3.8, 4) is 57.3 Å². The second-order valence-electron chi connectivity index (χ2n) is 15.9. The molecule has 16 heteroatoms. The zero-order valence-corrected chi connectivity index (χ0v) is 35.7. The summed E-state index contributed by atoms with van der Waals surface area (Å²) >= 11 is 1.20. The number of hydrogen-bond donors (Lipinski definition) is 4. The van der Waals surface area contributed by atoms with Gasteiger partial charge in [-0.1, -0.05) is 54.6 Å². The number of nitrogens with zero attached hydrogens (tertiary/aromatic N) is 4. The molecule has 15 nitrogen and oxygen atoms in total. The van der Waals surface area contributed by atoms with Gasteiger partial charge in [0.05, 0.1) is 32.4 Å². The van der Waals surface area contributed by atoms with E-state index in [4.69, 9.17) is 33.7 Å². The number of aliphatic hydroxyl groups excluding tert-OH is 2. The van der Waals surface area contributed by atoms with Gasteiger partial charge < -0.3 is 43.9 Å². The van der Waals surface area contributed by atoms with Gasteiger partial charge in [-0.25, -0.2) is 9.97 Å². The van der Waals surface area contributed by atoms with Crippen molar-refractivity contribution >= 4 is 21.6 Å². The van der Waals surface area contributed by atoms with Crippen LogP contribution in [0.15, 0.2) is 137 Å². The number of benzene rings is 3. The molecule has 5 aromatic heterocycles. The SMILES string of the molecule is COc1ccc(COC[C@H]2O[C@@H](c3csc4c(=O)[nH]c(-c5ccccn5)nc34)[C@H](O)[C@@H]2Oc2cccc(Oc3c(-c4ccc(C5(CO)CC5)cc4)nc(-c4ccccn4)[nH]c3=O)c2)cc1. The lowest BCUT2D eigenvalue weighted by Crippen LogP contribution is -2.38. The Morgan fingerprint density at radius 2 is 1.52 bits per heavy atom. The van der Waals surface area contributed by atoms with E-state index in [9.17, 15) is 19.8 Å². The second-order valence-corrected chi connectivity index (χ2v) is 16.8. The first-order chi connectivity index (χ1) is 31.8. The van der Waals surface area contributed by atoms with E-state index in [1.165, 1.54) is 11.3 Å². The molecule has 0 bridgehead atoms. The fourth-order valence-electron chi connectivity index (χ4n) is 8.00. The normalized spacial score (nSPS) is 18.7. The Balaban J connectivity index is 0.955. The highest BCUT2D eigenvalue weighted by Crippen LogP contribution is 2.48. The predicted octanol–water partition coefficient (Wildman–Crippen LogP) is 7.15. The van der Waals surface area contributed by atoms with Crippen LogP contribution in [0.1, 0.15) is 35.6 Å². The molecule has 1 aliphatic carbocycles. The molecule has 2 aliphatic rings. The number of hydrogen-bond acceptors (Lipinski definition) is 14. The van der Waals surface area contributed by atoms with E-state index in [1.54, 1.807) is 79.5 Å². The Morgan fingerprint density at radius 3 is 2.20 bits per heavy atom. The van der Waals surface area contributed by atoms with Gasteiger partial charge in [0.1, 0.15) is 57.3 Å². The lowest BCUT2D eigenvalue weighted by atomic mass is 9.95. The van der Waals surface area contributed by atoms with Crippen molar-refractivity contribution in [3.63, 3.8) is 0 Å². The number of methoxy groups -OCH3 is 1. The van der Waals surface area contributed by atoms with Gasteiger partial charge in [-0.05, 0) is 77.9 Å². The summed E-state index contributed by atoms with van der Waals surface area (Å²) < 4.78 is 31.4. The maximum absolute atomic E-state index is 13.9. The molecule has 10 rings (SSSR count). The molecule has 65 heavy (non-hydrogen) atoms. The Hall–Kier alpha value is -7.08. The van der Waals surface area contributed by atoms with E-state index in [2.05, 4.69) is 19.9 Å². The molecule has 0 amide bonds. The summed E-state index contributed by atoms with van der Waals surface area (Å²) in [7, 11) is 1.60. The molecule has 1 saturated carbocycles. The van der Waals surface area contributed by atoms with Gasteiger partial charge in [0.15, 0.2) is 17.8 Å². The number of fused-ring (bicyclic) bond motifs is 1. The number of ether oxygens (including phenoxy) is 5. The molecule has 8 aromatic rings. The van der Waals surface area contributed by atoms with Gasteiger partial charge in [-0.3, -0.25) is 19.6 Å². The summed E-state index contributed by atoms with van der Waals surface area (Å²) in [5.74, 6) is 1.80. The third-order valence-corrected chi connectivity index (χ3v) is 12.7. The third-order valence-electron chi connectivity index (χ3n) is 11.7. The number of nitrogens with one attached hydrogen (secondary N) is 2. The van der Waals surface area contributed by atoms with Crippen molar-refractivity contribution in [2.75, 3.05) is 20.3 Å². The van der Waals surface area contributed by atoms with Gasteiger partial charge in [0.2, 0.25) is 5.75 Å². The van der Waals surface area contributed by atoms with Gasteiger partial charge >= 0.3 is 0 Å². The number of rotatable bonds is 15. The number of pyridine rings is 2. The molecule has 0 radical (unpaired) electrons. The Morgan fingerprint density at radius 1 is 0.815 bits per heavy atom. The zero-order valence-electron chi connectivity index (χ0n) is 34.9. The van der Waals surface area contributed by atoms with E-state index in [0.717, 1.165) is 29.7 Å². The van der Waals surface area contributed by atoms with Gasteiger partial charge in [-0.2, -0.15) is 0 Å². The van der Waals surface area contributed by atoms with Crippen LogP contribution in [0.5, 0.6) is 23.0 Å². The molecule has 2 fully saturated rings. The molecular formula is C49H42N6O9S. The van der Waals surface area contributed by atoms with Crippen molar-refractivity contribution in [1.82, 2.24) is 29.9 Å². The van der Waals surface area contributed by atoms with Crippen LogP contribution in [-0.4, -0.2) is 78.8 Å². The Kier molecular flexibility index (Phi) is 11.5. The first-order valence-corrected chi connectivity index (χ1v) is 21.9. The summed E-state index contributed by atoms with van der Waals surface area (Å²) in [6.45, 7) is 0.355. The average molecular weight is 891 g/mol. The molecular weight excluding hydrogens is 849 g/mol. The first-order valence-electron chi connectivity index (χ1n) is 21.0. The molecule has 3 aromatic carbocycles. The topological polar surface area (TPSA) is 204 Å². The summed E-state index contributed by atoms with van der Waals surface area (Å²) in [5.41, 5.74) is 3.61. The largest absolute Gasteiger partial charge is 0.497 e. The highest BCUT2D eigenvalue weighted by molar-refractivity contribution is 7.17. The number of H-pyrrole nitrogens is 2. The van der Waals surface area contributed by atoms with Crippen molar-refractivity contribution < 1.29 is 33.9 Å². The van der Waals surface area contributed by atoms with Crippen LogP contribution in [0.3, 0.4) is 0 Å². The lowest BCUT2D eigenvalue weighted by Gasteiger charge is -2.22. The number of aliphatic hydroxyl groups is 2. The van der Waals surface area contributed by atoms with E-state index in [1.807, 2.05) is 54.6 Å². The lowest BCUT2D eigenvalue weighted by molar-refractivity contribution is -0.0443. The van der Waals surface area contributed by atoms with Crippen molar-refractivity contribution in [2.45, 2.75) is 49.3 Å². The van der Waals surface area contributed by atoms with Crippen LogP contribution in [0.25, 0.3) is 44.5 Å². The maximum Gasteiger partial charge on any atom is 0.294 e. The van der Waals surface area contributed by atoms with Crippen molar-refractivity contribution in [3.05, 3.63) is 164 Å². The van der Waals surface area contributed by atoms with Crippen molar-refractivity contribution in [1.29, 1.82) is 0 Å². The smallest absolute Gasteiger partial charge is 0.294 e. The minimum Gasteiger partial charge on any atom is -0.497 e. The zero-order chi connectivity index (χ0) is 44.5. The molecule has 328 valence electrons. The highest BCUT2D eigenvalue weighted by atomic mass is 32.1. The molecule has 4 atom stereocenters. The maximum atomic E-state index is 13.9. The summed E-state index contributed by atoms with van der Waals surface area (Å²) in [4.78, 5) is 51.2. The summed E-state index contributed by atoms with van der Waals surface area (Å²) in [6, 6.07) is 32.5. The standard InChI is InChI=1S/C49H42N6O9S/c1-60-31-17-11-28(12-18-31)24-61-25-37-42(40(57)41(64-37)34-26-65-44-39(34)53-46(55-48(44)59)36-10-3-5-22-51-36)62-32-7-6-8-33(23-32)63-43-38(29-13-15-30(16-14-29)49(27-56)19-20-49)52-45(54-47(43)58)35-9-2-4-21-50-35/h2-18,21-23,26,37,40-42,56-57H,19-20,24-25,27H2,1H3,(H,52,54,58)(H,53,55,59)/t37-,40+,41+,42-/m1/s1. The van der Waals surface area contributed by atoms with Crippen LogP contribution < -0.4 is 25.3 Å². The van der Waals surface area contributed by atoms with Gasteiger partial charge in [0.25, 0.3) is 11.1 Å². The number of aromatic nitrogens is 6. The monoisotopic (exact) mass is 890 g/mol. The fraction of sp³-hybridized carbons (Fsp3) is 0.224. The van der Waals surface area contributed by atoms with Crippen LogP contribution in [0.2, 0.25) is 0 Å². The minimum absolute atomic E-state index is 0.0426. The molecule has 1 aliphatic heterocycles. The Bertz CT molecular complexity index is 3070. The average Bonchev–Trinajstić information content (AvgIpc) is 3.95. The van der Waals surface area contributed by atoms with Crippen LogP contribution in [-0.2, 0) is 21.5 Å². The minimum atomic E-state index is -1.24. The van der Waals surface area contributed by atoms with E-state index >= 15 is 0 Å². The third kappa shape index (κ3) is 8.52. The van der Waals surface area contributed by atoms with Crippen LogP contribution in [0, 0.1) is 0 Å². The molecule has 1 saturated heterocycles. The van der Waals surface area contributed by atoms with Crippen LogP contribution in [0.4, 0.5) is 0 Å². The van der Waals surface area contributed by atoms with Crippen molar-refractivity contribution in [2.24, 2.45) is 0 Å². The summed E-state index contributed by atoms with van der Waals surface area (Å²) in [5, 5.41) is 23.9. The number of thiophene rings is 1. The molecule has 0 spiro atoms. The second kappa shape index (κ2) is 17.8. The Labute approximate surface area is 375 Å². The van der Waals surface area contributed by atoms with Gasteiger partial charge in [-0.15, -0.1) is 11.3 Å². The highest BCUT2D eigenvalue weighted by Gasteiger charge is 2.47. The first kappa shape index (κ1) is 41.9. The molecule has 6 heterocycles.